The summed E-state index contributed by atoms with van der Waals surface area (Å²) in [7, 11) is -3.90. The second kappa shape index (κ2) is 12.9. The number of nitrogens with one attached hydrogen (secondary N) is 3. The van der Waals surface area contributed by atoms with Crippen molar-refractivity contribution in [3.05, 3.63) is 37.1 Å². The molecule has 4 amide bonds. The van der Waals surface area contributed by atoms with Gasteiger partial charge in [0.25, 0.3) is 5.91 Å². The topological polar surface area (TPSA) is 192 Å². The van der Waals surface area contributed by atoms with Crippen LogP contribution in [0.4, 0.5) is 4.79 Å². The van der Waals surface area contributed by atoms with Crippen molar-refractivity contribution in [3.8, 4) is 17.4 Å². The molecule has 2 saturated carbocycles. The first-order valence-electron chi connectivity index (χ1n) is 17.0. The lowest BCUT2D eigenvalue weighted by molar-refractivity contribution is -0.143. The van der Waals surface area contributed by atoms with Crippen LogP contribution in [0, 0.1) is 11.3 Å². The largest absolute Gasteiger partial charge is 0.472 e. The molecule has 3 N–H and O–H groups in total. The standard InChI is InChI=1S/C35H45N5O10S/c1-8-19-16-35(19,31(43)39-51(45,46)21-9-10-21)38-28(41)24-15-20(49-29-23-11-12-25-26(48-18-47-25)22(23)13-14-36-29)17-40(24)30(42)27(33(2,3)4)37-32(44)50-34(5,6)7/h8,11-14,19-21,24,27H,1,9-10,15-18H2,2-7H3,(H,37,44)(H,38,41)(H,39,43)/t19?,20-,24+,27-,35-/m1/s1. The molecule has 2 aliphatic carbocycles. The number of hydrogen-bond donors (Lipinski definition) is 3. The number of alkyl carbamates (subject to hydrolysis) is 1. The van der Waals surface area contributed by atoms with Gasteiger partial charge in [0.1, 0.15) is 29.3 Å². The highest BCUT2D eigenvalue weighted by atomic mass is 32.2. The van der Waals surface area contributed by atoms with Crippen molar-refractivity contribution in [1.29, 1.82) is 0 Å². The number of rotatable bonds is 10. The number of amides is 4. The SMILES string of the molecule is C=CC1C[C@]1(NC(=O)[C@@H]1C[C@@H](Oc2nccc3c4c(ccc23)OCO4)CN1C(=O)[C@@H](NC(=O)OC(C)(C)C)C(C)(C)C)C(=O)NS(=O)(=O)C1CC1. The molecule has 6 rings (SSSR count). The Morgan fingerprint density at radius 1 is 1.08 bits per heavy atom. The van der Waals surface area contributed by atoms with E-state index in [1.165, 1.54) is 11.0 Å². The van der Waals surface area contributed by atoms with Crippen molar-refractivity contribution in [2.45, 2.75) is 102 Å². The predicted octanol–water partition coefficient (Wildman–Crippen LogP) is 2.92. The summed E-state index contributed by atoms with van der Waals surface area (Å²) < 4.78 is 50.5. The van der Waals surface area contributed by atoms with Crippen LogP contribution >= 0.6 is 0 Å². The third-order valence-corrected chi connectivity index (χ3v) is 11.2. The fourth-order valence-corrected chi connectivity index (χ4v) is 7.84. The molecule has 1 aromatic carbocycles. The molecule has 5 atom stereocenters. The Labute approximate surface area is 296 Å². The minimum absolute atomic E-state index is 0.000318. The van der Waals surface area contributed by atoms with Crippen molar-refractivity contribution < 1.29 is 46.5 Å². The van der Waals surface area contributed by atoms with E-state index < -0.39 is 79.7 Å². The van der Waals surface area contributed by atoms with Gasteiger partial charge in [0.15, 0.2) is 11.5 Å². The molecule has 2 aliphatic heterocycles. The number of aromatic nitrogens is 1. The Balaban J connectivity index is 1.29. The number of pyridine rings is 1. The zero-order chi connectivity index (χ0) is 37.1. The number of carbonyl (C=O) groups excluding carboxylic acids is 4. The fraction of sp³-hybridized carbons (Fsp3) is 0.571. The fourth-order valence-electron chi connectivity index (χ4n) is 6.48. The number of nitrogens with zero attached hydrogens (tertiary/aromatic N) is 2. The number of hydrogen-bond acceptors (Lipinski definition) is 11. The number of ether oxygens (including phenoxy) is 4. The quantitative estimate of drug-likeness (QED) is 0.305. The second-order valence-electron chi connectivity index (χ2n) is 15.6. The minimum Gasteiger partial charge on any atom is -0.472 e. The third-order valence-electron chi connectivity index (χ3n) is 9.39. The van der Waals surface area contributed by atoms with Crippen LogP contribution in [0.5, 0.6) is 17.4 Å². The van der Waals surface area contributed by atoms with E-state index in [4.69, 9.17) is 18.9 Å². The van der Waals surface area contributed by atoms with Gasteiger partial charge in [0.05, 0.1) is 11.8 Å². The highest BCUT2D eigenvalue weighted by Crippen LogP contribution is 2.46. The highest BCUT2D eigenvalue weighted by Gasteiger charge is 2.62. The zero-order valence-corrected chi connectivity index (χ0v) is 30.4. The number of likely N-dealkylation sites (tertiary alicyclic amines) is 1. The van der Waals surface area contributed by atoms with Crippen LogP contribution in [0.15, 0.2) is 37.1 Å². The number of fused-ring (bicyclic) bond motifs is 3. The van der Waals surface area contributed by atoms with Crippen molar-refractivity contribution in [3.63, 3.8) is 0 Å². The third kappa shape index (κ3) is 7.41. The van der Waals surface area contributed by atoms with E-state index >= 15 is 0 Å². The lowest BCUT2D eigenvalue weighted by Crippen LogP contribution is -2.60. The monoisotopic (exact) mass is 727 g/mol. The number of benzene rings is 1. The molecule has 0 spiro atoms. The molecule has 16 heteroatoms. The van der Waals surface area contributed by atoms with E-state index in [1.54, 1.807) is 65.9 Å². The van der Waals surface area contributed by atoms with Gasteiger partial charge in [-0.3, -0.25) is 19.1 Å². The average molecular weight is 728 g/mol. The van der Waals surface area contributed by atoms with E-state index in [2.05, 4.69) is 26.9 Å². The summed E-state index contributed by atoms with van der Waals surface area (Å²) in [5, 5.41) is 6.16. The molecule has 2 aromatic rings. The van der Waals surface area contributed by atoms with Crippen LogP contribution in [0.1, 0.15) is 67.2 Å². The lowest BCUT2D eigenvalue weighted by Gasteiger charge is -2.36. The normalized spacial score (nSPS) is 24.7. The van der Waals surface area contributed by atoms with Gasteiger partial charge in [-0.05, 0) is 63.6 Å². The first kappa shape index (κ1) is 36.2. The summed E-state index contributed by atoms with van der Waals surface area (Å²) in [5.74, 6) is -1.25. The van der Waals surface area contributed by atoms with Crippen molar-refractivity contribution in [1.82, 2.24) is 25.2 Å². The molecule has 0 radical (unpaired) electrons. The van der Waals surface area contributed by atoms with Crippen LogP contribution in [0.25, 0.3) is 10.8 Å². The summed E-state index contributed by atoms with van der Waals surface area (Å²) >= 11 is 0. The summed E-state index contributed by atoms with van der Waals surface area (Å²) in [4.78, 5) is 60.8. The van der Waals surface area contributed by atoms with E-state index in [0.29, 0.717) is 35.1 Å². The maximum absolute atomic E-state index is 14.5. The average Bonchev–Trinajstić information content (AvgIpc) is 3.92. The Hall–Kier alpha value is -4.60. The zero-order valence-electron chi connectivity index (χ0n) is 29.6. The number of sulfonamides is 1. The van der Waals surface area contributed by atoms with Gasteiger partial charge >= 0.3 is 6.09 Å². The van der Waals surface area contributed by atoms with Gasteiger partial charge in [-0.15, -0.1) is 6.58 Å². The van der Waals surface area contributed by atoms with Gasteiger partial charge in [0, 0.05) is 29.3 Å². The Bertz CT molecular complexity index is 1880. The molecular formula is C35H45N5O10S. The summed E-state index contributed by atoms with van der Waals surface area (Å²) in [6, 6.07) is 3.01. The highest BCUT2D eigenvalue weighted by molar-refractivity contribution is 7.91. The first-order valence-corrected chi connectivity index (χ1v) is 18.5. The second-order valence-corrected chi connectivity index (χ2v) is 17.6. The minimum atomic E-state index is -3.90. The first-order chi connectivity index (χ1) is 23.8. The van der Waals surface area contributed by atoms with E-state index in [9.17, 15) is 27.6 Å². The summed E-state index contributed by atoms with van der Waals surface area (Å²) in [6.07, 6.45) is 2.54. The van der Waals surface area contributed by atoms with Gasteiger partial charge in [-0.2, -0.15) is 0 Å². The van der Waals surface area contributed by atoms with Crippen LogP contribution < -0.4 is 29.6 Å². The molecule has 276 valence electrons. The molecule has 1 aromatic heterocycles. The molecule has 0 bridgehead atoms. The number of carbonyl (C=O) groups is 4. The summed E-state index contributed by atoms with van der Waals surface area (Å²) in [6.45, 7) is 14.2. The van der Waals surface area contributed by atoms with Gasteiger partial charge in [-0.1, -0.05) is 26.8 Å². The maximum Gasteiger partial charge on any atom is 0.408 e. The van der Waals surface area contributed by atoms with E-state index in [0.717, 1.165) is 0 Å². The van der Waals surface area contributed by atoms with Crippen LogP contribution in [0.2, 0.25) is 0 Å². The maximum atomic E-state index is 14.5. The van der Waals surface area contributed by atoms with Gasteiger partial charge < -0.3 is 34.5 Å². The Kier molecular flexibility index (Phi) is 9.13. The van der Waals surface area contributed by atoms with Crippen molar-refractivity contribution >= 4 is 44.6 Å². The summed E-state index contributed by atoms with van der Waals surface area (Å²) in [5.41, 5.74) is -3.22. The van der Waals surface area contributed by atoms with E-state index in [-0.39, 0.29) is 32.1 Å². The Morgan fingerprint density at radius 3 is 2.43 bits per heavy atom. The van der Waals surface area contributed by atoms with Crippen LogP contribution in [-0.2, 0) is 29.1 Å². The molecule has 1 saturated heterocycles. The van der Waals surface area contributed by atoms with Gasteiger partial charge in [-0.25, -0.2) is 18.2 Å². The van der Waals surface area contributed by atoms with Crippen LogP contribution in [0.3, 0.4) is 0 Å². The lowest BCUT2D eigenvalue weighted by atomic mass is 9.85. The van der Waals surface area contributed by atoms with Crippen molar-refractivity contribution in [2.24, 2.45) is 11.3 Å². The molecule has 15 nitrogen and oxygen atoms in total. The van der Waals surface area contributed by atoms with Crippen LogP contribution in [-0.4, -0.2) is 90.0 Å². The smallest absolute Gasteiger partial charge is 0.408 e. The molecule has 3 heterocycles. The van der Waals surface area contributed by atoms with E-state index in [1.807, 2.05) is 0 Å². The molecule has 4 aliphatic rings. The molecule has 3 fully saturated rings. The van der Waals surface area contributed by atoms with Crippen molar-refractivity contribution in [2.75, 3.05) is 13.3 Å². The van der Waals surface area contributed by atoms with Gasteiger partial charge in [0.2, 0.25) is 34.5 Å². The predicted molar refractivity (Wildman–Crippen MR) is 184 cm³/mol. The molecular weight excluding hydrogens is 682 g/mol. The molecule has 1 unspecified atom stereocenters. The molecule has 51 heavy (non-hydrogen) atoms. The Morgan fingerprint density at radius 2 is 1.80 bits per heavy atom.